The second-order valence-corrected chi connectivity index (χ2v) is 5.21. The van der Waals surface area contributed by atoms with Crippen LogP contribution in [0.3, 0.4) is 0 Å². The van der Waals surface area contributed by atoms with Gasteiger partial charge in [-0.25, -0.2) is 0 Å². The average Bonchev–Trinajstić information content (AvgIpc) is 2.55. The summed E-state index contributed by atoms with van der Waals surface area (Å²) in [6.07, 6.45) is 0. The molecule has 2 aliphatic heterocycles. The van der Waals surface area contributed by atoms with Crippen LogP contribution in [-0.2, 0) is 9.53 Å². The van der Waals surface area contributed by atoms with Crippen LogP contribution in [0.4, 0.5) is 0 Å². The molecular formula is C15H21ClN2O4. The molecule has 2 N–H and O–H groups in total. The van der Waals surface area contributed by atoms with Crippen molar-refractivity contribution in [2.24, 2.45) is 0 Å². The molecule has 2 heterocycles. The van der Waals surface area contributed by atoms with Crippen molar-refractivity contribution in [2.45, 2.75) is 19.0 Å². The van der Waals surface area contributed by atoms with Crippen LogP contribution in [0, 0.1) is 0 Å². The quantitative estimate of drug-likeness (QED) is 0.868. The fourth-order valence-electron chi connectivity index (χ4n) is 2.46. The van der Waals surface area contributed by atoms with Gasteiger partial charge in [0.1, 0.15) is 19.3 Å². The third-order valence-electron chi connectivity index (χ3n) is 3.66. The molecule has 0 aliphatic carbocycles. The molecule has 1 aromatic rings. The maximum Gasteiger partial charge on any atom is 0.240 e. The van der Waals surface area contributed by atoms with E-state index in [2.05, 4.69) is 10.6 Å². The van der Waals surface area contributed by atoms with Crippen molar-refractivity contribution in [2.75, 3.05) is 33.0 Å². The van der Waals surface area contributed by atoms with Crippen LogP contribution in [0.2, 0.25) is 0 Å². The summed E-state index contributed by atoms with van der Waals surface area (Å²) in [5.41, 5.74) is 0.990. The fraction of sp³-hybridized carbons (Fsp3) is 0.533. The maximum absolute atomic E-state index is 12.2. The van der Waals surface area contributed by atoms with Crippen LogP contribution in [0.25, 0.3) is 0 Å². The summed E-state index contributed by atoms with van der Waals surface area (Å²) < 4.78 is 16.4. The minimum Gasteiger partial charge on any atom is -0.486 e. The molecule has 2 aliphatic rings. The summed E-state index contributed by atoms with van der Waals surface area (Å²) in [7, 11) is 0. The van der Waals surface area contributed by atoms with E-state index in [4.69, 9.17) is 14.2 Å². The molecule has 0 spiro atoms. The minimum absolute atomic E-state index is 0. The third kappa shape index (κ3) is 3.82. The van der Waals surface area contributed by atoms with Crippen molar-refractivity contribution in [3.05, 3.63) is 23.8 Å². The number of hydrogen-bond acceptors (Lipinski definition) is 5. The van der Waals surface area contributed by atoms with Gasteiger partial charge < -0.3 is 24.8 Å². The Morgan fingerprint density at radius 3 is 2.77 bits per heavy atom. The lowest BCUT2D eigenvalue weighted by atomic mass is 10.1. The van der Waals surface area contributed by atoms with E-state index >= 15 is 0 Å². The molecule has 2 unspecified atom stereocenters. The molecule has 122 valence electrons. The number of fused-ring (bicyclic) bond motifs is 1. The molecule has 6 nitrogen and oxygen atoms in total. The summed E-state index contributed by atoms with van der Waals surface area (Å²) in [6, 6.07) is 5.37. The zero-order valence-electron chi connectivity index (χ0n) is 12.5. The van der Waals surface area contributed by atoms with Crippen LogP contribution < -0.4 is 20.1 Å². The molecule has 1 saturated heterocycles. The van der Waals surface area contributed by atoms with Crippen LogP contribution in [-0.4, -0.2) is 44.9 Å². The summed E-state index contributed by atoms with van der Waals surface area (Å²) in [5, 5.41) is 6.14. The van der Waals surface area contributed by atoms with E-state index in [0.29, 0.717) is 33.0 Å². The number of amides is 1. The molecule has 7 heteroatoms. The van der Waals surface area contributed by atoms with Gasteiger partial charge in [0, 0.05) is 6.54 Å². The van der Waals surface area contributed by atoms with Crippen LogP contribution >= 0.6 is 12.4 Å². The Labute approximate surface area is 135 Å². The average molecular weight is 329 g/mol. The lowest BCUT2D eigenvalue weighted by Crippen LogP contribution is -2.51. The van der Waals surface area contributed by atoms with Gasteiger partial charge in [0.05, 0.1) is 19.3 Å². The van der Waals surface area contributed by atoms with E-state index in [1.54, 1.807) is 0 Å². The highest BCUT2D eigenvalue weighted by Crippen LogP contribution is 2.32. The number of halogens is 1. The standard InChI is InChI=1S/C15H20N2O4.ClH/c1-10(17-15(18)12-9-19-5-4-16-12)11-2-3-13-14(8-11)21-7-6-20-13;/h2-3,8,10,12,16H,4-7,9H2,1H3,(H,17,18);1H. The summed E-state index contributed by atoms with van der Waals surface area (Å²) >= 11 is 0. The predicted molar refractivity (Wildman–Crippen MR) is 83.8 cm³/mol. The molecule has 1 amide bonds. The largest absolute Gasteiger partial charge is 0.486 e. The Morgan fingerprint density at radius 1 is 1.27 bits per heavy atom. The number of morpholine rings is 1. The Kier molecular flexibility index (Phi) is 5.88. The first-order valence-corrected chi connectivity index (χ1v) is 7.25. The summed E-state index contributed by atoms with van der Waals surface area (Å²) in [4.78, 5) is 12.2. The van der Waals surface area contributed by atoms with Gasteiger partial charge in [0.2, 0.25) is 5.91 Å². The van der Waals surface area contributed by atoms with E-state index < -0.39 is 0 Å². The van der Waals surface area contributed by atoms with Crippen molar-refractivity contribution >= 4 is 18.3 Å². The topological polar surface area (TPSA) is 68.8 Å². The van der Waals surface area contributed by atoms with Crippen LogP contribution in [0.5, 0.6) is 11.5 Å². The molecule has 2 atom stereocenters. The normalized spacial score (nSPS) is 21.4. The van der Waals surface area contributed by atoms with Crippen molar-refractivity contribution in [3.63, 3.8) is 0 Å². The van der Waals surface area contributed by atoms with Crippen LogP contribution in [0.1, 0.15) is 18.5 Å². The second kappa shape index (κ2) is 7.67. The van der Waals surface area contributed by atoms with E-state index in [0.717, 1.165) is 17.1 Å². The molecule has 0 bridgehead atoms. The molecule has 22 heavy (non-hydrogen) atoms. The molecular weight excluding hydrogens is 308 g/mol. The zero-order valence-corrected chi connectivity index (χ0v) is 13.3. The monoisotopic (exact) mass is 328 g/mol. The summed E-state index contributed by atoms with van der Waals surface area (Å²) in [6.45, 7) is 4.86. The number of rotatable bonds is 3. The first-order chi connectivity index (χ1) is 10.2. The highest BCUT2D eigenvalue weighted by molar-refractivity contribution is 5.85. The molecule has 1 aromatic carbocycles. The van der Waals surface area contributed by atoms with Gasteiger partial charge in [0.15, 0.2) is 11.5 Å². The maximum atomic E-state index is 12.2. The Hall–Kier alpha value is -1.50. The first kappa shape index (κ1) is 16.9. The van der Waals surface area contributed by atoms with Crippen molar-refractivity contribution < 1.29 is 19.0 Å². The number of ether oxygens (including phenoxy) is 3. The minimum atomic E-state index is -0.279. The molecule has 1 fully saturated rings. The highest BCUT2D eigenvalue weighted by Gasteiger charge is 2.23. The van der Waals surface area contributed by atoms with Gasteiger partial charge in [-0.1, -0.05) is 6.07 Å². The van der Waals surface area contributed by atoms with Gasteiger partial charge in [-0.2, -0.15) is 0 Å². The van der Waals surface area contributed by atoms with Crippen molar-refractivity contribution in [1.82, 2.24) is 10.6 Å². The summed E-state index contributed by atoms with van der Waals surface area (Å²) in [5.74, 6) is 1.45. The van der Waals surface area contributed by atoms with Gasteiger partial charge in [-0.3, -0.25) is 4.79 Å². The Morgan fingerprint density at radius 2 is 2.05 bits per heavy atom. The first-order valence-electron chi connectivity index (χ1n) is 7.25. The fourth-order valence-corrected chi connectivity index (χ4v) is 2.46. The number of hydrogen-bond donors (Lipinski definition) is 2. The van der Waals surface area contributed by atoms with E-state index in [-0.39, 0.29) is 30.4 Å². The lowest BCUT2D eigenvalue weighted by Gasteiger charge is -2.25. The Bertz CT molecular complexity index is 520. The Balaban J connectivity index is 0.00000176. The van der Waals surface area contributed by atoms with Gasteiger partial charge >= 0.3 is 0 Å². The molecule has 0 radical (unpaired) electrons. The SMILES string of the molecule is CC(NC(=O)C1COCCN1)c1ccc2c(c1)OCCO2.Cl. The van der Waals surface area contributed by atoms with Crippen molar-refractivity contribution in [1.29, 1.82) is 0 Å². The van der Waals surface area contributed by atoms with Gasteiger partial charge in [0.25, 0.3) is 0 Å². The number of carbonyl (C=O) groups excluding carboxylic acids is 1. The predicted octanol–water partition coefficient (Wildman–Crippen LogP) is 1.05. The second-order valence-electron chi connectivity index (χ2n) is 5.21. The smallest absolute Gasteiger partial charge is 0.240 e. The van der Waals surface area contributed by atoms with Gasteiger partial charge in [-0.05, 0) is 24.6 Å². The third-order valence-corrected chi connectivity index (χ3v) is 3.66. The number of carbonyl (C=O) groups is 1. The van der Waals surface area contributed by atoms with Gasteiger partial charge in [-0.15, -0.1) is 12.4 Å². The van der Waals surface area contributed by atoms with Crippen LogP contribution in [0.15, 0.2) is 18.2 Å². The molecule has 0 saturated carbocycles. The van der Waals surface area contributed by atoms with E-state index in [1.165, 1.54) is 0 Å². The highest BCUT2D eigenvalue weighted by atomic mass is 35.5. The molecule has 0 aromatic heterocycles. The van der Waals surface area contributed by atoms with E-state index in [9.17, 15) is 4.79 Å². The number of benzene rings is 1. The van der Waals surface area contributed by atoms with Crippen molar-refractivity contribution in [3.8, 4) is 11.5 Å². The number of nitrogens with one attached hydrogen (secondary N) is 2. The lowest BCUT2D eigenvalue weighted by molar-refractivity contribution is -0.126. The molecule has 3 rings (SSSR count). The van der Waals surface area contributed by atoms with E-state index in [1.807, 2.05) is 25.1 Å². The zero-order chi connectivity index (χ0) is 14.7.